The van der Waals surface area contributed by atoms with Crippen molar-refractivity contribution in [3.8, 4) is 5.75 Å². The number of nitrogens with two attached hydrogens (primary N) is 1. The molecule has 0 spiro atoms. The van der Waals surface area contributed by atoms with Crippen molar-refractivity contribution in [2.75, 3.05) is 13.7 Å². The number of ether oxygens (including phenoxy) is 1. The molecule has 1 unspecified atom stereocenters. The Morgan fingerprint density at radius 2 is 2.20 bits per heavy atom. The lowest BCUT2D eigenvalue weighted by atomic mass is 9.94. The van der Waals surface area contributed by atoms with Crippen LogP contribution in [0.1, 0.15) is 31.7 Å². The monoisotopic (exact) mass is 280 g/mol. The van der Waals surface area contributed by atoms with E-state index in [4.69, 9.17) is 15.6 Å². The number of carbonyl (C=O) groups is 1. The van der Waals surface area contributed by atoms with Crippen molar-refractivity contribution in [3.05, 3.63) is 29.8 Å². The first kappa shape index (κ1) is 16.5. The summed E-state index contributed by atoms with van der Waals surface area (Å²) in [5.74, 6) is 0.416. The predicted octanol–water partition coefficient (Wildman–Crippen LogP) is 1.19. The van der Waals surface area contributed by atoms with Gasteiger partial charge in [-0.2, -0.15) is 0 Å². The SMILES string of the molecule is CNC(C)(CCCCOc1cccc(CO)c1)C(N)=O. The summed E-state index contributed by atoms with van der Waals surface area (Å²) in [6.45, 7) is 2.39. The number of nitrogens with one attached hydrogen (secondary N) is 1. The van der Waals surface area contributed by atoms with Gasteiger partial charge in [0, 0.05) is 0 Å². The molecule has 0 radical (unpaired) electrons. The van der Waals surface area contributed by atoms with Crippen molar-refractivity contribution in [2.45, 2.75) is 38.3 Å². The molecule has 0 aliphatic heterocycles. The van der Waals surface area contributed by atoms with Crippen LogP contribution in [0.15, 0.2) is 24.3 Å². The minimum Gasteiger partial charge on any atom is -0.494 e. The first-order valence-electron chi connectivity index (χ1n) is 6.83. The van der Waals surface area contributed by atoms with Crippen LogP contribution in [0.25, 0.3) is 0 Å². The number of benzene rings is 1. The highest BCUT2D eigenvalue weighted by Gasteiger charge is 2.27. The summed E-state index contributed by atoms with van der Waals surface area (Å²) < 4.78 is 5.61. The van der Waals surface area contributed by atoms with Gasteiger partial charge in [0.25, 0.3) is 0 Å². The van der Waals surface area contributed by atoms with Crippen molar-refractivity contribution in [3.63, 3.8) is 0 Å². The van der Waals surface area contributed by atoms with Crippen LogP contribution in [0, 0.1) is 0 Å². The van der Waals surface area contributed by atoms with Crippen LogP contribution < -0.4 is 15.8 Å². The molecule has 4 N–H and O–H groups in total. The number of likely N-dealkylation sites (N-methyl/N-ethyl adjacent to an activating group) is 1. The Hall–Kier alpha value is -1.59. The van der Waals surface area contributed by atoms with Gasteiger partial charge in [0.15, 0.2) is 0 Å². The standard InChI is InChI=1S/C15H24N2O3/c1-15(17-2,14(16)19)8-3-4-9-20-13-7-5-6-12(10-13)11-18/h5-7,10,17-18H,3-4,8-9,11H2,1-2H3,(H2,16,19). The molecule has 0 aliphatic rings. The maximum absolute atomic E-state index is 11.3. The first-order valence-corrected chi connectivity index (χ1v) is 6.83. The van der Waals surface area contributed by atoms with Crippen LogP contribution in [0.3, 0.4) is 0 Å². The van der Waals surface area contributed by atoms with Gasteiger partial charge in [-0.15, -0.1) is 0 Å². The summed E-state index contributed by atoms with van der Waals surface area (Å²) in [6.07, 6.45) is 2.37. The third-order valence-corrected chi connectivity index (χ3v) is 3.52. The van der Waals surface area contributed by atoms with Gasteiger partial charge >= 0.3 is 0 Å². The molecule has 0 saturated heterocycles. The number of hydrogen-bond donors (Lipinski definition) is 3. The Kier molecular flexibility index (Phi) is 6.48. The summed E-state index contributed by atoms with van der Waals surface area (Å²) in [7, 11) is 1.74. The van der Waals surface area contributed by atoms with Crippen molar-refractivity contribution >= 4 is 5.91 Å². The highest BCUT2D eigenvalue weighted by Crippen LogP contribution is 2.16. The molecule has 112 valence electrons. The van der Waals surface area contributed by atoms with Crippen LogP contribution in [0.2, 0.25) is 0 Å². The van der Waals surface area contributed by atoms with E-state index in [0.717, 1.165) is 24.2 Å². The first-order chi connectivity index (χ1) is 9.51. The minimum atomic E-state index is -0.656. The molecule has 0 bridgehead atoms. The molecule has 1 amide bonds. The second kappa shape index (κ2) is 7.87. The van der Waals surface area contributed by atoms with E-state index in [1.807, 2.05) is 24.3 Å². The third-order valence-electron chi connectivity index (χ3n) is 3.52. The number of rotatable bonds is 9. The number of unbranched alkanes of at least 4 members (excludes halogenated alkanes) is 1. The molecule has 0 aromatic heterocycles. The largest absolute Gasteiger partial charge is 0.494 e. The Morgan fingerprint density at radius 1 is 1.45 bits per heavy atom. The Bertz CT molecular complexity index is 437. The van der Waals surface area contributed by atoms with E-state index >= 15 is 0 Å². The molecule has 5 nitrogen and oxygen atoms in total. The molecule has 5 heteroatoms. The van der Waals surface area contributed by atoms with Gasteiger partial charge < -0.3 is 20.9 Å². The van der Waals surface area contributed by atoms with Gasteiger partial charge in [-0.1, -0.05) is 12.1 Å². The Morgan fingerprint density at radius 3 is 2.80 bits per heavy atom. The van der Waals surface area contributed by atoms with Crippen LogP contribution in [0.5, 0.6) is 5.75 Å². The number of primary amides is 1. The molecule has 0 heterocycles. The topological polar surface area (TPSA) is 84.6 Å². The van der Waals surface area contributed by atoms with Gasteiger partial charge in [-0.25, -0.2) is 0 Å². The number of aliphatic hydroxyl groups excluding tert-OH is 1. The second-order valence-electron chi connectivity index (χ2n) is 5.06. The van der Waals surface area contributed by atoms with E-state index < -0.39 is 5.54 Å². The van der Waals surface area contributed by atoms with E-state index in [-0.39, 0.29) is 12.5 Å². The van der Waals surface area contributed by atoms with E-state index in [9.17, 15) is 4.79 Å². The molecule has 1 atom stereocenters. The number of aliphatic hydroxyl groups is 1. The zero-order valence-electron chi connectivity index (χ0n) is 12.2. The van der Waals surface area contributed by atoms with Crippen molar-refractivity contribution < 1.29 is 14.6 Å². The molecule has 1 rings (SSSR count). The molecule has 1 aromatic carbocycles. The fraction of sp³-hybridized carbons (Fsp3) is 0.533. The van der Waals surface area contributed by atoms with Crippen molar-refractivity contribution in [2.24, 2.45) is 5.73 Å². The highest BCUT2D eigenvalue weighted by molar-refractivity contribution is 5.84. The average Bonchev–Trinajstić information content (AvgIpc) is 2.46. The molecule has 20 heavy (non-hydrogen) atoms. The van der Waals surface area contributed by atoms with Crippen molar-refractivity contribution in [1.82, 2.24) is 5.32 Å². The van der Waals surface area contributed by atoms with Gasteiger partial charge in [0.2, 0.25) is 5.91 Å². The zero-order chi connectivity index (χ0) is 15.0. The lowest BCUT2D eigenvalue weighted by molar-refractivity contribution is -0.123. The smallest absolute Gasteiger partial charge is 0.237 e. The molecular weight excluding hydrogens is 256 g/mol. The van der Waals surface area contributed by atoms with Gasteiger partial charge in [0.1, 0.15) is 5.75 Å². The molecule has 0 saturated carbocycles. The number of hydrogen-bond acceptors (Lipinski definition) is 4. The molecule has 0 fully saturated rings. The van der Waals surface area contributed by atoms with Crippen LogP contribution >= 0.6 is 0 Å². The molecule has 0 aliphatic carbocycles. The molecular formula is C15H24N2O3. The summed E-state index contributed by atoms with van der Waals surface area (Å²) >= 11 is 0. The predicted molar refractivity (Wildman–Crippen MR) is 78.4 cm³/mol. The van der Waals surface area contributed by atoms with Gasteiger partial charge in [-0.05, 0) is 50.9 Å². The quantitative estimate of drug-likeness (QED) is 0.593. The fourth-order valence-electron chi connectivity index (χ4n) is 1.88. The van der Waals surface area contributed by atoms with Crippen LogP contribution in [0.4, 0.5) is 0 Å². The second-order valence-corrected chi connectivity index (χ2v) is 5.06. The maximum Gasteiger partial charge on any atom is 0.237 e. The highest BCUT2D eigenvalue weighted by atomic mass is 16.5. The third kappa shape index (κ3) is 4.83. The number of carbonyl (C=O) groups excluding carboxylic acids is 1. The Labute approximate surface area is 120 Å². The lowest BCUT2D eigenvalue weighted by Crippen LogP contribution is -2.51. The summed E-state index contributed by atoms with van der Waals surface area (Å²) in [4.78, 5) is 11.3. The van der Waals surface area contributed by atoms with Crippen LogP contribution in [-0.4, -0.2) is 30.2 Å². The normalized spacial score (nSPS) is 13.8. The van der Waals surface area contributed by atoms with E-state index in [1.165, 1.54) is 0 Å². The summed E-state index contributed by atoms with van der Waals surface area (Å²) in [5, 5.41) is 12.0. The maximum atomic E-state index is 11.3. The molecule has 1 aromatic rings. The summed E-state index contributed by atoms with van der Waals surface area (Å²) in [6, 6.07) is 7.38. The fourth-order valence-corrected chi connectivity index (χ4v) is 1.88. The average molecular weight is 280 g/mol. The van der Waals surface area contributed by atoms with Gasteiger partial charge in [-0.3, -0.25) is 4.79 Å². The van der Waals surface area contributed by atoms with E-state index in [1.54, 1.807) is 14.0 Å². The van der Waals surface area contributed by atoms with Gasteiger partial charge in [0.05, 0.1) is 18.8 Å². The lowest BCUT2D eigenvalue weighted by Gasteiger charge is -2.25. The zero-order valence-corrected chi connectivity index (χ0v) is 12.2. The van der Waals surface area contributed by atoms with E-state index in [0.29, 0.717) is 13.0 Å². The van der Waals surface area contributed by atoms with Crippen molar-refractivity contribution in [1.29, 1.82) is 0 Å². The van der Waals surface area contributed by atoms with Crippen LogP contribution in [-0.2, 0) is 11.4 Å². The van der Waals surface area contributed by atoms with E-state index in [2.05, 4.69) is 5.32 Å². The number of amides is 1. The minimum absolute atomic E-state index is 0.0103. The summed E-state index contributed by atoms with van der Waals surface area (Å²) in [5.41, 5.74) is 5.54. The Balaban J connectivity index is 2.30.